The maximum atomic E-state index is 14.1. The smallest absolute Gasteiger partial charge is 0.261 e. The molecule has 182 valence electrons. The molecule has 0 fully saturated rings. The highest BCUT2D eigenvalue weighted by Crippen LogP contribution is 2.32. The van der Waals surface area contributed by atoms with Crippen molar-refractivity contribution in [3.63, 3.8) is 0 Å². The van der Waals surface area contributed by atoms with Crippen LogP contribution in [0.4, 0.5) is 10.1 Å². The minimum Gasteiger partial charge on any atom is -0.378 e. The van der Waals surface area contributed by atoms with Gasteiger partial charge in [0.2, 0.25) is 0 Å². The molecular weight excluding hydrogens is 445 g/mol. The molecule has 3 heterocycles. The first-order valence-corrected chi connectivity index (χ1v) is 11.6. The van der Waals surface area contributed by atoms with E-state index in [1.165, 1.54) is 12.1 Å². The van der Waals surface area contributed by atoms with Crippen molar-refractivity contribution in [2.24, 2.45) is 14.1 Å². The van der Waals surface area contributed by atoms with Crippen LogP contribution in [-0.2, 0) is 14.1 Å². The number of aryl methyl sites for hydroxylation is 4. The third-order valence-corrected chi connectivity index (χ3v) is 5.96. The van der Waals surface area contributed by atoms with Gasteiger partial charge in [-0.1, -0.05) is 19.9 Å². The lowest BCUT2D eigenvalue weighted by molar-refractivity contribution is 0.628. The molecule has 0 bridgehead atoms. The number of nitrogens with zero attached hydrogens (tertiary/aromatic N) is 6. The minimum atomic E-state index is -0.365. The number of aromatic nitrogens is 6. The fourth-order valence-electron chi connectivity index (χ4n) is 4.45. The molecule has 0 saturated heterocycles. The number of anilines is 1. The predicted octanol–water partition coefficient (Wildman–Crippen LogP) is 4.94. The molecule has 1 unspecified atom stereocenters. The van der Waals surface area contributed by atoms with Crippen LogP contribution in [0, 0.1) is 19.7 Å². The summed E-state index contributed by atoms with van der Waals surface area (Å²) in [6.07, 6.45) is 3.33. The summed E-state index contributed by atoms with van der Waals surface area (Å²) in [7, 11) is 3.53. The highest BCUT2D eigenvalue weighted by atomic mass is 19.1. The maximum absolute atomic E-state index is 14.1. The largest absolute Gasteiger partial charge is 0.378 e. The van der Waals surface area contributed by atoms with Crippen LogP contribution in [0.15, 0.2) is 47.8 Å². The monoisotopic (exact) mass is 475 g/mol. The van der Waals surface area contributed by atoms with Gasteiger partial charge >= 0.3 is 0 Å². The average molecular weight is 476 g/mol. The summed E-state index contributed by atoms with van der Waals surface area (Å²) in [6, 6.07) is 8.28. The quantitative estimate of drug-likeness (QED) is 0.398. The summed E-state index contributed by atoms with van der Waals surface area (Å²) in [6.45, 7) is 9.88. The Hall–Kier alpha value is -4.01. The van der Waals surface area contributed by atoms with E-state index in [2.05, 4.69) is 26.4 Å². The fraction of sp³-hybridized carbons (Fsp3) is 0.308. The molecule has 9 heteroatoms. The first-order chi connectivity index (χ1) is 16.7. The summed E-state index contributed by atoms with van der Waals surface area (Å²) >= 11 is 0. The van der Waals surface area contributed by atoms with Crippen LogP contribution in [0.1, 0.15) is 43.6 Å². The second-order valence-corrected chi connectivity index (χ2v) is 8.44. The van der Waals surface area contributed by atoms with Crippen molar-refractivity contribution in [1.29, 1.82) is 0 Å². The van der Waals surface area contributed by atoms with Crippen molar-refractivity contribution in [2.45, 2.75) is 40.7 Å². The number of benzene rings is 2. The Bertz CT molecular complexity index is 1600. The van der Waals surface area contributed by atoms with Gasteiger partial charge in [-0.3, -0.25) is 18.4 Å². The van der Waals surface area contributed by atoms with E-state index in [-0.39, 0.29) is 17.4 Å². The van der Waals surface area contributed by atoms with Gasteiger partial charge in [0.1, 0.15) is 24.1 Å². The van der Waals surface area contributed by atoms with E-state index in [4.69, 9.17) is 0 Å². The molecule has 0 radical (unpaired) electrons. The molecule has 0 spiro atoms. The lowest BCUT2D eigenvalue weighted by Gasteiger charge is -2.21. The molecule has 0 saturated carbocycles. The van der Waals surface area contributed by atoms with E-state index in [1.807, 2.05) is 45.1 Å². The van der Waals surface area contributed by atoms with Gasteiger partial charge in [0, 0.05) is 25.3 Å². The molecule has 0 aliphatic rings. The lowest BCUT2D eigenvalue weighted by Crippen LogP contribution is -2.21. The molecule has 2 aromatic carbocycles. The molecule has 3 aromatic heterocycles. The van der Waals surface area contributed by atoms with Crippen LogP contribution >= 0.6 is 0 Å². The standard InChI is InChI=1S/C24H24FN7O.C2H6/c1-13-8-17(21-19(9-13)24(33)31(5)23-15(3)26-12-32(21)23)14(2)28-20-7-6-16(25)10-18(20)22-27-11-30(4)29-22;1-2/h6-12,14,28H,1-5H3;1-2H3. The van der Waals surface area contributed by atoms with E-state index in [0.717, 1.165) is 28.0 Å². The Morgan fingerprint density at radius 2 is 1.77 bits per heavy atom. The van der Waals surface area contributed by atoms with Gasteiger partial charge in [-0.15, -0.1) is 0 Å². The first-order valence-electron chi connectivity index (χ1n) is 11.6. The van der Waals surface area contributed by atoms with Gasteiger partial charge in [0.15, 0.2) is 5.82 Å². The zero-order valence-corrected chi connectivity index (χ0v) is 21.1. The van der Waals surface area contributed by atoms with Crippen LogP contribution in [0.5, 0.6) is 0 Å². The summed E-state index contributed by atoms with van der Waals surface area (Å²) in [4.78, 5) is 21.9. The zero-order valence-electron chi connectivity index (χ0n) is 21.1. The number of nitrogens with one attached hydrogen (secondary N) is 1. The topological polar surface area (TPSA) is 82.0 Å². The lowest BCUT2D eigenvalue weighted by atomic mass is 10.00. The van der Waals surface area contributed by atoms with Crippen molar-refractivity contribution >= 4 is 22.2 Å². The minimum absolute atomic E-state index is 0.0709. The molecule has 1 atom stereocenters. The predicted molar refractivity (Wildman–Crippen MR) is 137 cm³/mol. The van der Waals surface area contributed by atoms with Crippen LogP contribution in [0.3, 0.4) is 0 Å². The van der Waals surface area contributed by atoms with Crippen molar-refractivity contribution in [2.75, 3.05) is 5.32 Å². The van der Waals surface area contributed by atoms with E-state index < -0.39 is 0 Å². The van der Waals surface area contributed by atoms with E-state index >= 15 is 0 Å². The van der Waals surface area contributed by atoms with Gasteiger partial charge in [0.25, 0.3) is 5.56 Å². The van der Waals surface area contributed by atoms with Gasteiger partial charge in [0.05, 0.1) is 22.6 Å². The Balaban J connectivity index is 0.00000141. The van der Waals surface area contributed by atoms with Gasteiger partial charge in [-0.05, 0) is 56.2 Å². The van der Waals surface area contributed by atoms with E-state index in [9.17, 15) is 9.18 Å². The molecule has 35 heavy (non-hydrogen) atoms. The van der Waals surface area contributed by atoms with Crippen LogP contribution in [0.2, 0.25) is 0 Å². The van der Waals surface area contributed by atoms with Crippen molar-refractivity contribution < 1.29 is 4.39 Å². The van der Waals surface area contributed by atoms with Crippen molar-refractivity contribution in [3.05, 3.63) is 76.0 Å². The van der Waals surface area contributed by atoms with Crippen LogP contribution < -0.4 is 10.9 Å². The molecule has 0 amide bonds. The number of fused-ring (bicyclic) bond motifs is 3. The molecular formula is C26H30FN7O. The Morgan fingerprint density at radius 1 is 1.03 bits per heavy atom. The highest BCUT2D eigenvalue weighted by Gasteiger charge is 2.20. The third-order valence-electron chi connectivity index (χ3n) is 5.96. The summed E-state index contributed by atoms with van der Waals surface area (Å²) < 4.78 is 19.3. The summed E-state index contributed by atoms with van der Waals surface area (Å²) in [5.41, 5.74) is 5.46. The number of hydrogen-bond acceptors (Lipinski definition) is 5. The molecule has 5 aromatic rings. The van der Waals surface area contributed by atoms with Gasteiger partial charge < -0.3 is 5.32 Å². The molecule has 5 rings (SSSR count). The van der Waals surface area contributed by atoms with E-state index in [0.29, 0.717) is 22.5 Å². The van der Waals surface area contributed by atoms with Crippen molar-refractivity contribution in [3.8, 4) is 11.4 Å². The Kier molecular flexibility index (Phi) is 6.43. The summed E-state index contributed by atoms with van der Waals surface area (Å²) in [5, 5.41) is 8.44. The second kappa shape index (κ2) is 9.32. The Labute approximate surface area is 203 Å². The van der Waals surface area contributed by atoms with Crippen molar-refractivity contribution in [1.82, 2.24) is 28.7 Å². The summed E-state index contributed by atoms with van der Waals surface area (Å²) in [5.74, 6) is 0.0676. The van der Waals surface area contributed by atoms with Gasteiger partial charge in [-0.2, -0.15) is 5.10 Å². The Morgan fingerprint density at radius 3 is 2.46 bits per heavy atom. The number of rotatable bonds is 4. The normalized spacial score (nSPS) is 12.0. The number of hydrogen-bond donors (Lipinski definition) is 1. The molecule has 0 aliphatic heterocycles. The van der Waals surface area contributed by atoms with Crippen LogP contribution in [0.25, 0.3) is 27.9 Å². The SMILES string of the molecule is CC.Cc1cc(C(C)Nc2ccc(F)cc2-c2ncn(C)n2)c2c(c1)c(=O)n(C)c1c(C)ncn21. The number of imidazole rings is 1. The maximum Gasteiger partial charge on any atom is 0.261 e. The molecule has 8 nitrogen and oxygen atoms in total. The second-order valence-electron chi connectivity index (χ2n) is 8.44. The first kappa shape index (κ1) is 24.1. The van der Waals surface area contributed by atoms with Gasteiger partial charge in [-0.25, -0.2) is 14.4 Å². The molecule has 1 N–H and O–H groups in total. The fourth-order valence-corrected chi connectivity index (χ4v) is 4.45. The zero-order chi connectivity index (χ0) is 25.4. The third kappa shape index (κ3) is 4.18. The average Bonchev–Trinajstić information content (AvgIpc) is 3.45. The highest BCUT2D eigenvalue weighted by molar-refractivity contribution is 5.86. The van der Waals surface area contributed by atoms with Crippen LogP contribution in [-0.4, -0.2) is 28.7 Å². The number of halogens is 1. The van der Waals surface area contributed by atoms with E-state index in [1.54, 1.807) is 42.1 Å². The molecule has 0 aliphatic carbocycles.